The Hall–Kier alpha value is -2.37. The average Bonchev–Trinajstić information content (AvgIpc) is 2.77. The van der Waals surface area contributed by atoms with Crippen molar-refractivity contribution in [1.29, 1.82) is 0 Å². The first kappa shape index (κ1) is 20.9. The molecule has 2 N–H and O–H groups in total. The molecule has 2 aliphatic rings. The maximum absolute atomic E-state index is 12.9. The van der Waals surface area contributed by atoms with Crippen molar-refractivity contribution < 1.29 is 9.59 Å². The molecule has 1 aliphatic heterocycles. The van der Waals surface area contributed by atoms with Crippen LogP contribution in [0, 0.1) is 0 Å². The van der Waals surface area contributed by atoms with Gasteiger partial charge in [0, 0.05) is 29.6 Å². The fourth-order valence-corrected chi connectivity index (χ4v) is 5.04. The third-order valence-electron chi connectivity index (χ3n) is 6.70. The molecule has 2 amide bonds. The highest BCUT2D eigenvalue weighted by Crippen LogP contribution is 2.41. The molecule has 0 bridgehead atoms. The van der Waals surface area contributed by atoms with Gasteiger partial charge in [0.15, 0.2) is 0 Å². The van der Waals surface area contributed by atoms with Crippen molar-refractivity contribution in [2.45, 2.75) is 43.7 Å². The van der Waals surface area contributed by atoms with Crippen LogP contribution in [0.1, 0.15) is 36.8 Å². The summed E-state index contributed by atoms with van der Waals surface area (Å²) in [4.78, 5) is 29.1. The lowest BCUT2D eigenvalue weighted by atomic mass is 9.68. The summed E-state index contributed by atoms with van der Waals surface area (Å²) in [6.07, 6.45) is 3.48. The van der Waals surface area contributed by atoms with Crippen LogP contribution in [0.2, 0.25) is 5.02 Å². The largest absolute Gasteiger partial charge is 0.330 e. The van der Waals surface area contributed by atoms with E-state index in [-0.39, 0.29) is 36.4 Å². The monoisotopic (exact) mass is 425 g/mol. The third-order valence-corrected chi connectivity index (χ3v) is 6.94. The van der Waals surface area contributed by atoms with Gasteiger partial charge in [0.2, 0.25) is 11.8 Å². The highest BCUT2D eigenvalue weighted by atomic mass is 35.5. The number of nitrogens with zero attached hydrogens (tertiary/aromatic N) is 2. The maximum Gasteiger partial charge on any atom is 0.242 e. The van der Waals surface area contributed by atoms with Gasteiger partial charge in [-0.25, -0.2) is 0 Å². The number of carbonyl (C=O) groups is 2. The molecule has 4 rings (SSSR count). The Labute approximate surface area is 182 Å². The van der Waals surface area contributed by atoms with E-state index in [0.29, 0.717) is 13.1 Å². The molecular weight excluding hydrogens is 398 g/mol. The van der Waals surface area contributed by atoms with E-state index in [9.17, 15) is 9.59 Å². The number of halogens is 1. The molecule has 30 heavy (non-hydrogen) atoms. The maximum atomic E-state index is 12.9. The van der Waals surface area contributed by atoms with Crippen molar-refractivity contribution in [3.8, 4) is 0 Å². The number of hydrogen-bond donors (Lipinski definition) is 1. The number of rotatable bonds is 5. The molecular formula is C24H28ClN3O2. The lowest BCUT2D eigenvalue weighted by Gasteiger charge is -2.45. The fourth-order valence-electron chi connectivity index (χ4n) is 4.85. The first-order valence-corrected chi connectivity index (χ1v) is 11.0. The molecule has 2 fully saturated rings. The van der Waals surface area contributed by atoms with Crippen molar-refractivity contribution in [3.05, 3.63) is 70.7 Å². The van der Waals surface area contributed by atoms with Gasteiger partial charge in [-0.2, -0.15) is 0 Å². The quantitative estimate of drug-likeness (QED) is 0.798. The summed E-state index contributed by atoms with van der Waals surface area (Å²) >= 11 is 6.20. The molecule has 1 heterocycles. The number of amides is 2. The van der Waals surface area contributed by atoms with E-state index in [1.165, 1.54) is 5.56 Å². The zero-order chi connectivity index (χ0) is 21.1. The number of carbonyl (C=O) groups excluding carboxylic acids is 2. The summed E-state index contributed by atoms with van der Waals surface area (Å²) in [5.41, 5.74) is 8.31. The van der Waals surface area contributed by atoms with Crippen LogP contribution in [0.25, 0.3) is 0 Å². The van der Waals surface area contributed by atoms with Crippen molar-refractivity contribution in [1.82, 2.24) is 9.80 Å². The molecule has 6 heteroatoms. The zero-order valence-corrected chi connectivity index (χ0v) is 17.9. The second kappa shape index (κ2) is 8.78. The average molecular weight is 426 g/mol. The van der Waals surface area contributed by atoms with Gasteiger partial charge in [0.1, 0.15) is 13.1 Å². The molecule has 1 aliphatic carbocycles. The normalized spacial score (nSPS) is 24.9. The molecule has 1 saturated carbocycles. The minimum Gasteiger partial charge on any atom is -0.330 e. The standard InChI is InChI=1S/C24H28ClN3O2/c25-20-8-4-7-19(13-20)24(17-26)11-9-21(10-12-24)28-16-22(29)27(15-23(28)30)14-18-5-2-1-3-6-18/h1-8,13,21H,9-12,14-17,26H2/t21-,24+. The molecule has 5 nitrogen and oxygen atoms in total. The predicted molar refractivity (Wildman–Crippen MR) is 118 cm³/mol. The van der Waals surface area contributed by atoms with E-state index < -0.39 is 0 Å². The topological polar surface area (TPSA) is 66.6 Å². The summed E-state index contributed by atoms with van der Waals surface area (Å²) in [6.45, 7) is 1.36. The minimum absolute atomic E-state index is 0.0176. The van der Waals surface area contributed by atoms with Gasteiger partial charge in [-0.15, -0.1) is 0 Å². The van der Waals surface area contributed by atoms with Crippen LogP contribution < -0.4 is 5.73 Å². The molecule has 1 saturated heterocycles. The smallest absolute Gasteiger partial charge is 0.242 e. The molecule has 0 spiro atoms. The van der Waals surface area contributed by atoms with E-state index in [2.05, 4.69) is 6.07 Å². The van der Waals surface area contributed by atoms with Crippen LogP contribution in [0.15, 0.2) is 54.6 Å². The Balaban J connectivity index is 1.40. The number of nitrogens with two attached hydrogens (primary N) is 1. The van der Waals surface area contributed by atoms with Crippen molar-refractivity contribution in [2.75, 3.05) is 19.6 Å². The van der Waals surface area contributed by atoms with E-state index in [0.717, 1.165) is 36.3 Å². The highest BCUT2D eigenvalue weighted by Gasteiger charge is 2.41. The van der Waals surface area contributed by atoms with Gasteiger partial charge in [-0.1, -0.05) is 54.1 Å². The first-order valence-electron chi connectivity index (χ1n) is 10.6. The molecule has 2 aromatic carbocycles. The first-order chi connectivity index (χ1) is 14.5. The lowest BCUT2D eigenvalue weighted by molar-refractivity contribution is -0.153. The Kier molecular flexibility index (Phi) is 6.11. The van der Waals surface area contributed by atoms with Gasteiger partial charge >= 0.3 is 0 Å². The minimum atomic E-state index is -0.108. The van der Waals surface area contributed by atoms with Crippen LogP contribution in [0.4, 0.5) is 0 Å². The van der Waals surface area contributed by atoms with Crippen LogP contribution in [0.5, 0.6) is 0 Å². The van der Waals surface area contributed by atoms with Crippen molar-refractivity contribution in [2.24, 2.45) is 5.73 Å². The van der Waals surface area contributed by atoms with Crippen LogP contribution in [0.3, 0.4) is 0 Å². The van der Waals surface area contributed by atoms with E-state index in [4.69, 9.17) is 17.3 Å². The van der Waals surface area contributed by atoms with Gasteiger partial charge in [0.25, 0.3) is 0 Å². The SMILES string of the molecule is NC[C@]1(c2cccc(Cl)c2)CC[C@@H](N2CC(=O)N(Cc3ccccc3)CC2=O)CC1. The predicted octanol–water partition coefficient (Wildman–Crippen LogP) is 3.35. The summed E-state index contributed by atoms with van der Waals surface area (Å²) in [7, 11) is 0. The second-order valence-corrected chi connectivity index (χ2v) is 8.92. The number of benzene rings is 2. The van der Waals surface area contributed by atoms with Gasteiger partial charge < -0.3 is 15.5 Å². The number of hydrogen-bond acceptors (Lipinski definition) is 3. The van der Waals surface area contributed by atoms with Gasteiger partial charge in [-0.3, -0.25) is 9.59 Å². The molecule has 0 aromatic heterocycles. The van der Waals surface area contributed by atoms with E-state index in [1.54, 1.807) is 9.80 Å². The Morgan fingerprint density at radius 2 is 1.70 bits per heavy atom. The van der Waals surface area contributed by atoms with Gasteiger partial charge in [0.05, 0.1) is 0 Å². The Morgan fingerprint density at radius 1 is 0.967 bits per heavy atom. The summed E-state index contributed by atoms with van der Waals surface area (Å²) in [6, 6.07) is 17.8. The van der Waals surface area contributed by atoms with Crippen molar-refractivity contribution in [3.63, 3.8) is 0 Å². The highest BCUT2D eigenvalue weighted by molar-refractivity contribution is 6.30. The van der Waals surface area contributed by atoms with Crippen LogP contribution in [-0.2, 0) is 21.5 Å². The summed E-state index contributed by atoms with van der Waals surface area (Å²) in [5.74, 6) is 0.0579. The molecule has 0 atom stereocenters. The fraction of sp³-hybridized carbons (Fsp3) is 0.417. The summed E-state index contributed by atoms with van der Waals surface area (Å²) in [5, 5.41) is 0.720. The van der Waals surface area contributed by atoms with E-state index in [1.807, 2.05) is 48.5 Å². The van der Waals surface area contributed by atoms with Crippen LogP contribution >= 0.6 is 11.6 Å². The Morgan fingerprint density at radius 3 is 2.37 bits per heavy atom. The number of piperazine rings is 1. The third kappa shape index (κ3) is 4.23. The van der Waals surface area contributed by atoms with Crippen LogP contribution in [-0.4, -0.2) is 47.3 Å². The molecule has 2 aromatic rings. The lowest BCUT2D eigenvalue weighted by Crippen LogP contribution is -2.58. The molecule has 0 radical (unpaired) electrons. The zero-order valence-electron chi connectivity index (χ0n) is 17.1. The Bertz CT molecular complexity index is 910. The van der Waals surface area contributed by atoms with Gasteiger partial charge in [-0.05, 0) is 48.9 Å². The molecule has 0 unspecified atom stereocenters. The summed E-state index contributed by atoms with van der Waals surface area (Å²) < 4.78 is 0. The second-order valence-electron chi connectivity index (χ2n) is 8.48. The van der Waals surface area contributed by atoms with Crippen molar-refractivity contribution >= 4 is 23.4 Å². The van der Waals surface area contributed by atoms with E-state index >= 15 is 0 Å². The molecule has 158 valence electrons.